The van der Waals surface area contributed by atoms with Crippen molar-refractivity contribution >= 4 is 10.9 Å². The normalized spacial score (nSPS) is 33.2. The number of benzene rings is 1. The molecule has 3 rings (SSSR count). The van der Waals surface area contributed by atoms with Gasteiger partial charge in [0.1, 0.15) is 30.2 Å². The minimum Gasteiger partial charge on any atom is -0.661 e. The fraction of sp³-hybridized carbons (Fsp3) is 0.429. The summed E-state index contributed by atoms with van der Waals surface area (Å²) >= 11 is 0. The zero-order valence-corrected chi connectivity index (χ0v) is 11.0. The molecule has 0 amide bonds. The fourth-order valence-electron chi connectivity index (χ4n) is 2.38. The highest BCUT2D eigenvalue weighted by Crippen LogP contribution is 2.29. The van der Waals surface area contributed by atoms with E-state index in [1.54, 1.807) is 0 Å². The molecule has 1 aliphatic rings. The maximum Gasteiger partial charge on any atom is 0.229 e. The van der Waals surface area contributed by atoms with Crippen LogP contribution in [0.3, 0.4) is 0 Å². The number of fused-ring (bicyclic) bond motifs is 1. The molecule has 1 aromatic heterocycles. The summed E-state index contributed by atoms with van der Waals surface area (Å²) in [6.45, 7) is -0.495. The quantitative estimate of drug-likeness (QED) is 0.573. The molecule has 7 heteroatoms. The van der Waals surface area contributed by atoms with Gasteiger partial charge in [0, 0.05) is 5.39 Å². The Morgan fingerprint density at radius 2 is 1.86 bits per heavy atom. The smallest absolute Gasteiger partial charge is 0.229 e. The number of para-hydroxylation sites is 1. The van der Waals surface area contributed by atoms with E-state index in [9.17, 15) is 15.3 Å². The molecule has 2 heterocycles. The monoisotopic (exact) mass is 294 g/mol. The van der Waals surface area contributed by atoms with E-state index in [-0.39, 0.29) is 0 Å². The van der Waals surface area contributed by atoms with Gasteiger partial charge in [-0.1, -0.05) is 24.3 Å². The predicted octanol–water partition coefficient (Wildman–Crippen LogP) is -1.02. The Balaban J connectivity index is 1.83. The summed E-state index contributed by atoms with van der Waals surface area (Å²) in [6, 6.07) is 7.29. The van der Waals surface area contributed by atoms with Gasteiger partial charge >= 0.3 is 0 Å². The molecule has 0 saturated carbocycles. The van der Waals surface area contributed by atoms with Gasteiger partial charge < -0.3 is 34.9 Å². The lowest BCUT2D eigenvalue weighted by Gasteiger charge is -2.39. The van der Waals surface area contributed by atoms with Gasteiger partial charge in [-0.15, -0.1) is 11.7 Å². The van der Waals surface area contributed by atoms with Crippen LogP contribution in [0.4, 0.5) is 0 Å². The van der Waals surface area contributed by atoms with Crippen LogP contribution in [0.15, 0.2) is 30.5 Å². The van der Waals surface area contributed by atoms with Crippen molar-refractivity contribution in [1.29, 1.82) is 0 Å². The minimum absolute atomic E-state index is 0.398. The molecule has 4 N–H and O–H groups in total. The summed E-state index contributed by atoms with van der Waals surface area (Å²) in [5, 5.41) is 39.2. The molecule has 0 bridgehead atoms. The van der Waals surface area contributed by atoms with Gasteiger partial charge in [-0.2, -0.15) is 0 Å². The predicted molar refractivity (Wildman–Crippen MR) is 71.7 cm³/mol. The molecule has 1 aromatic carbocycles. The number of aromatic nitrogens is 1. The highest BCUT2D eigenvalue weighted by molar-refractivity contribution is 5.85. The van der Waals surface area contributed by atoms with Gasteiger partial charge in [0.15, 0.2) is 0 Å². The zero-order valence-electron chi connectivity index (χ0n) is 11.0. The van der Waals surface area contributed by atoms with E-state index in [2.05, 4.69) is 4.98 Å². The lowest BCUT2D eigenvalue weighted by Crippen LogP contribution is -2.60. The standard InChI is InChI=1S/C14H16NO6/c16-6-10-11(17)12(18)13(19)14(21-10)20-9-5-15-8-4-2-1-3-7(8)9/h1-5,10-14,16-19H,6H2/q-1/t10-,11-,12+,13-,14+/m0/s1. The molecule has 0 spiro atoms. The number of aliphatic hydroxyl groups excluding tert-OH is 4. The van der Waals surface area contributed by atoms with E-state index in [1.165, 1.54) is 6.20 Å². The van der Waals surface area contributed by atoms with Crippen molar-refractivity contribution in [3.8, 4) is 5.75 Å². The molecule has 5 atom stereocenters. The van der Waals surface area contributed by atoms with Crippen LogP contribution in [0.2, 0.25) is 0 Å². The summed E-state index contributed by atoms with van der Waals surface area (Å²) in [5.41, 5.74) is 0.733. The fourth-order valence-corrected chi connectivity index (χ4v) is 2.38. The second kappa shape index (κ2) is 5.63. The first-order valence-electron chi connectivity index (χ1n) is 6.59. The average Bonchev–Trinajstić information content (AvgIpc) is 2.91. The van der Waals surface area contributed by atoms with E-state index in [0.29, 0.717) is 5.75 Å². The number of aliphatic hydroxyl groups is 4. The summed E-state index contributed by atoms with van der Waals surface area (Å²) in [7, 11) is 0. The van der Waals surface area contributed by atoms with E-state index in [1.807, 2.05) is 24.3 Å². The molecular weight excluding hydrogens is 278 g/mol. The Kier molecular flexibility index (Phi) is 3.83. The maximum absolute atomic E-state index is 9.93. The minimum atomic E-state index is -1.46. The third-order valence-electron chi connectivity index (χ3n) is 3.58. The highest BCUT2D eigenvalue weighted by Gasteiger charge is 2.44. The first-order valence-corrected chi connectivity index (χ1v) is 6.59. The van der Waals surface area contributed by atoms with Gasteiger partial charge in [0.05, 0.1) is 6.61 Å². The molecular formula is C14H16NO6-. The van der Waals surface area contributed by atoms with E-state index < -0.39 is 37.3 Å². The molecule has 21 heavy (non-hydrogen) atoms. The van der Waals surface area contributed by atoms with Crippen molar-refractivity contribution in [2.24, 2.45) is 0 Å². The van der Waals surface area contributed by atoms with Gasteiger partial charge in [0.25, 0.3) is 0 Å². The van der Waals surface area contributed by atoms with E-state index in [0.717, 1.165) is 10.9 Å². The van der Waals surface area contributed by atoms with Crippen LogP contribution in [-0.4, -0.2) is 57.7 Å². The third-order valence-corrected chi connectivity index (χ3v) is 3.58. The molecule has 7 nitrogen and oxygen atoms in total. The number of hydrogen-bond acceptors (Lipinski definition) is 6. The lowest BCUT2D eigenvalue weighted by atomic mass is 9.99. The Bertz CT molecular complexity index is 612. The van der Waals surface area contributed by atoms with Crippen molar-refractivity contribution in [1.82, 2.24) is 4.98 Å². The lowest BCUT2D eigenvalue weighted by molar-refractivity contribution is -0.277. The molecule has 1 fully saturated rings. The van der Waals surface area contributed by atoms with Crippen molar-refractivity contribution in [2.75, 3.05) is 6.61 Å². The second-order valence-corrected chi connectivity index (χ2v) is 4.95. The molecule has 2 aromatic rings. The average molecular weight is 294 g/mol. The van der Waals surface area contributed by atoms with Crippen molar-refractivity contribution < 1.29 is 29.9 Å². The van der Waals surface area contributed by atoms with Crippen molar-refractivity contribution in [3.05, 3.63) is 30.5 Å². The SMILES string of the molecule is OC[C@@H]1O[C@@H](Oc2c[n-]c3ccccc23)[C@@H](O)[C@H](O)[C@H]1O. The Morgan fingerprint density at radius 3 is 2.62 bits per heavy atom. The third kappa shape index (κ3) is 2.50. The van der Waals surface area contributed by atoms with Crippen LogP contribution in [-0.2, 0) is 4.74 Å². The maximum atomic E-state index is 9.93. The van der Waals surface area contributed by atoms with Crippen LogP contribution >= 0.6 is 0 Å². The van der Waals surface area contributed by atoms with Crippen LogP contribution < -0.4 is 9.72 Å². The summed E-state index contributed by atoms with van der Waals surface area (Å²) in [5.74, 6) is 0.398. The number of nitrogens with zero attached hydrogens (tertiary/aromatic N) is 1. The summed E-state index contributed by atoms with van der Waals surface area (Å²) < 4.78 is 10.8. The molecule has 0 radical (unpaired) electrons. The van der Waals surface area contributed by atoms with E-state index in [4.69, 9.17) is 14.6 Å². The van der Waals surface area contributed by atoms with Crippen LogP contribution in [0.25, 0.3) is 10.9 Å². The van der Waals surface area contributed by atoms with Crippen molar-refractivity contribution in [2.45, 2.75) is 30.7 Å². The number of rotatable bonds is 3. The van der Waals surface area contributed by atoms with E-state index >= 15 is 0 Å². The van der Waals surface area contributed by atoms with Crippen LogP contribution in [0, 0.1) is 0 Å². The molecule has 114 valence electrons. The highest BCUT2D eigenvalue weighted by atomic mass is 16.7. The molecule has 1 saturated heterocycles. The van der Waals surface area contributed by atoms with Gasteiger partial charge in [-0.3, -0.25) is 0 Å². The second-order valence-electron chi connectivity index (χ2n) is 4.95. The molecule has 1 aliphatic heterocycles. The Morgan fingerprint density at radius 1 is 1.10 bits per heavy atom. The summed E-state index contributed by atoms with van der Waals surface area (Å²) in [4.78, 5) is 4.16. The zero-order chi connectivity index (χ0) is 15.0. The van der Waals surface area contributed by atoms with Gasteiger partial charge in [-0.05, 0) is 0 Å². The van der Waals surface area contributed by atoms with Gasteiger partial charge in [0.2, 0.25) is 6.29 Å². The Labute approximate surface area is 120 Å². The topological polar surface area (TPSA) is 113 Å². The first kappa shape index (κ1) is 14.3. The summed E-state index contributed by atoms with van der Waals surface area (Å²) in [6.07, 6.45) is -5.01. The van der Waals surface area contributed by atoms with Crippen molar-refractivity contribution in [3.63, 3.8) is 0 Å². The Hall–Kier alpha value is -1.64. The van der Waals surface area contributed by atoms with Crippen LogP contribution in [0.1, 0.15) is 0 Å². The van der Waals surface area contributed by atoms with Gasteiger partial charge in [-0.25, -0.2) is 0 Å². The largest absolute Gasteiger partial charge is 0.661 e. The first-order chi connectivity index (χ1) is 10.1. The molecule has 0 unspecified atom stereocenters. The number of ether oxygens (including phenoxy) is 2. The number of hydrogen-bond donors (Lipinski definition) is 4. The van der Waals surface area contributed by atoms with Crippen LogP contribution in [0.5, 0.6) is 5.75 Å². The molecule has 0 aliphatic carbocycles.